The largest absolute Gasteiger partial charge is 0.494 e. The number of halogens is 1. The van der Waals surface area contributed by atoms with Gasteiger partial charge in [-0.05, 0) is 29.7 Å². The van der Waals surface area contributed by atoms with E-state index in [0.717, 1.165) is 5.56 Å². The van der Waals surface area contributed by atoms with Crippen molar-refractivity contribution in [1.82, 2.24) is 4.90 Å². The molecule has 5 heteroatoms. The first-order valence-electron chi connectivity index (χ1n) is 8.49. The van der Waals surface area contributed by atoms with Crippen LogP contribution in [0.4, 0.5) is 4.39 Å². The van der Waals surface area contributed by atoms with Crippen LogP contribution < -0.4 is 10.5 Å². The zero-order valence-corrected chi connectivity index (χ0v) is 14.3. The molecule has 2 N–H and O–H groups in total. The molecular formula is C20H23FN2O2. The van der Waals surface area contributed by atoms with Gasteiger partial charge < -0.3 is 15.4 Å². The lowest BCUT2D eigenvalue weighted by atomic mass is 9.95. The number of ether oxygens (including phenoxy) is 1. The molecule has 25 heavy (non-hydrogen) atoms. The summed E-state index contributed by atoms with van der Waals surface area (Å²) in [5, 5.41) is 0. The highest BCUT2D eigenvalue weighted by Gasteiger charge is 2.33. The maximum Gasteiger partial charge on any atom is 0.222 e. The first-order valence-corrected chi connectivity index (χ1v) is 8.49. The Morgan fingerprint density at radius 3 is 2.68 bits per heavy atom. The number of methoxy groups -OCH3 is 1. The number of hydrogen-bond donors (Lipinski definition) is 1. The van der Waals surface area contributed by atoms with Crippen LogP contribution in [0, 0.1) is 5.82 Å². The summed E-state index contributed by atoms with van der Waals surface area (Å²) in [7, 11) is 1.43. The zero-order valence-electron chi connectivity index (χ0n) is 14.3. The molecule has 0 aliphatic carbocycles. The Morgan fingerprint density at radius 1 is 1.24 bits per heavy atom. The molecule has 2 aromatic rings. The monoisotopic (exact) mass is 342 g/mol. The van der Waals surface area contributed by atoms with E-state index in [-0.39, 0.29) is 23.6 Å². The van der Waals surface area contributed by atoms with Crippen LogP contribution in [0.3, 0.4) is 0 Å². The number of amides is 1. The van der Waals surface area contributed by atoms with Crippen molar-refractivity contribution in [2.75, 3.05) is 20.2 Å². The second-order valence-corrected chi connectivity index (χ2v) is 6.45. The van der Waals surface area contributed by atoms with Gasteiger partial charge in [0.2, 0.25) is 5.91 Å². The van der Waals surface area contributed by atoms with Gasteiger partial charge in [-0.3, -0.25) is 4.79 Å². The summed E-state index contributed by atoms with van der Waals surface area (Å²) in [6, 6.07) is 14.8. The first-order chi connectivity index (χ1) is 12.1. The van der Waals surface area contributed by atoms with Crippen LogP contribution in [-0.4, -0.2) is 37.0 Å². The Labute approximate surface area is 147 Å². The number of aryl methyl sites for hydroxylation is 1. The van der Waals surface area contributed by atoms with Crippen LogP contribution in [0.15, 0.2) is 48.5 Å². The number of nitrogens with two attached hydrogens (primary N) is 1. The quantitative estimate of drug-likeness (QED) is 0.909. The van der Waals surface area contributed by atoms with Gasteiger partial charge in [0, 0.05) is 31.5 Å². The number of rotatable bonds is 5. The van der Waals surface area contributed by atoms with Gasteiger partial charge in [-0.1, -0.05) is 36.4 Å². The molecule has 3 rings (SSSR count). The van der Waals surface area contributed by atoms with E-state index < -0.39 is 5.82 Å². The van der Waals surface area contributed by atoms with Crippen LogP contribution in [0.5, 0.6) is 5.75 Å². The van der Waals surface area contributed by atoms with Gasteiger partial charge >= 0.3 is 0 Å². The minimum absolute atomic E-state index is 0.0511. The lowest BCUT2D eigenvalue weighted by Crippen LogP contribution is -2.32. The summed E-state index contributed by atoms with van der Waals surface area (Å²) in [4.78, 5) is 14.3. The molecule has 2 aromatic carbocycles. The summed E-state index contributed by atoms with van der Waals surface area (Å²) >= 11 is 0. The molecule has 2 atom stereocenters. The fraction of sp³-hybridized carbons (Fsp3) is 0.350. The van der Waals surface area contributed by atoms with Gasteiger partial charge in [-0.25, -0.2) is 4.39 Å². The highest BCUT2D eigenvalue weighted by molar-refractivity contribution is 5.77. The highest BCUT2D eigenvalue weighted by Crippen LogP contribution is 2.27. The SMILES string of the molecule is COc1ccc(CCC(=O)N2C[C@@H](N)[C@H](c3ccccc3)C2)cc1F. The Morgan fingerprint density at radius 2 is 2.00 bits per heavy atom. The van der Waals surface area contributed by atoms with E-state index >= 15 is 0 Å². The van der Waals surface area contributed by atoms with Crippen molar-refractivity contribution >= 4 is 5.91 Å². The topological polar surface area (TPSA) is 55.6 Å². The molecule has 1 aliphatic heterocycles. The molecular weight excluding hydrogens is 319 g/mol. The van der Waals surface area contributed by atoms with Crippen molar-refractivity contribution in [2.45, 2.75) is 24.8 Å². The molecule has 0 bridgehead atoms. The second-order valence-electron chi connectivity index (χ2n) is 6.45. The molecule has 1 aliphatic rings. The maximum absolute atomic E-state index is 13.7. The molecule has 1 amide bonds. The zero-order chi connectivity index (χ0) is 17.8. The standard InChI is InChI=1S/C20H23FN2O2/c1-25-19-9-7-14(11-17(19)21)8-10-20(24)23-12-16(18(22)13-23)15-5-3-2-4-6-15/h2-7,9,11,16,18H,8,10,12-13,22H2,1H3/t16-,18+/m0/s1. The smallest absolute Gasteiger partial charge is 0.222 e. The minimum atomic E-state index is -0.403. The molecule has 0 aromatic heterocycles. The van der Waals surface area contributed by atoms with Crippen molar-refractivity contribution < 1.29 is 13.9 Å². The Balaban J connectivity index is 1.58. The molecule has 0 radical (unpaired) electrons. The Kier molecular flexibility index (Phi) is 5.34. The van der Waals surface area contributed by atoms with E-state index in [0.29, 0.717) is 25.9 Å². The van der Waals surface area contributed by atoms with Gasteiger partial charge in [0.05, 0.1) is 7.11 Å². The lowest BCUT2D eigenvalue weighted by Gasteiger charge is -2.16. The van der Waals surface area contributed by atoms with Crippen molar-refractivity contribution in [3.05, 3.63) is 65.5 Å². The molecule has 1 heterocycles. The lowest BCUT2D eigenvalue weighted by molar-refractivity contribution is -0.130. The van der Waals surface area contributed by atoms with Crippen molar-refractivity contribution in [1.29, 1.82) is 0 Å². The predicted molar refractivity (Wildman–Crippen MR) is 95.0 cm³/mol. The third kappa shape index (κ3) is 3.99. The molecule has 4 nitrogen and oxygen atoms in total. The van der Waals surface area contributed by atoms with E-state index in [1.165, 1.54) is 18.7 Å². The molecule has 0 unspecified atom stereocenters. The summed E-state index contributed by atoms with van der Waals surface area (Å²) in [5.74, 6) is 0.0415. The normalized spacial score (nSPS) is 19.9. The van der Waals surface area contributed by atoms with E-state index in [4.69, 9.17) is 10.5 Å². The van der Waals surface area contributed by atoms with Crippen LogP contribution in [-0.2, 0) is 11.2 Å². The summed E-state index contributed by atoms with van der Waals surface area (Å²) < 4.78 is 18.6. The first kappa shape index (κ1) is 17.4. The molecule has 1 saturated heterocycles. The molecule has 1 fully saturated rings. The van der Waals surface area contributed by atoms with Crippen LogP contribution in [0.1, 0.15) is 23.5 Å². The van der Waals surface area contributed by atoms with Gasteiger partial charge in [-0.2, -0.15) is 0 Å². The third-order valence-electron chi connectivity index (χ3n) is 4.79. The van der Waals surface area contributed by atoms with Gasteiger partial charge in [0.15, 0.2) is 11.6 Å². The number of nitrogens with zero attached hydrogens (tertiary/aromatic N) is 1. The van der Waals surface area contributed by atoms with Crippen molar-refractivity contribution in [2.24, 2.45) is 5.73 Å². The maximum atomic E-state index is 13.7. The summed E-state index contributed by atoms with van der Waals surface area (Å²) in [5.41, 5.74) is 8.20. The van der Waals surface area contributed by atoms with Crippen LogP contribution >= 0.6 is 0 Å². The van der Waals surface area contributed by atoms with Crippen LogP contribution in [0.25, 0.3) is 0 Å². The van der Waals surface area contributed by atoms with E-state index in [1.54, 1.807) is 12.1 Å². The number of carbonyl (C=O) groups excluding carboxylic acids is 1. The minimum Gasteiger partial charge on any atom is -0.494 e. The average molecular weight is 342 g/mol. The van der Waals surface area contributed by atoms with Gasteiger partial charge in [0.1, 0.15) is 0 Å². The number of hydrogen-bond acceptors (Lipinski definition) is 3. The van der Waals surface area contributed by atoms with Crippen LogP contribution in [0.2, 0.25) is 0 Å². The molecule has 132 valence electrons. The van der Waals surface area contributed by atoms with Gasteiger partial charge in [0.25, 0.3) is 0 Å². The van der Waals surface area contributed by atoms with Crippen molar-refractivity contribution in [3.63, 3.8) is 0 Å². The Hall–Kier alpha value is -2.40. The second kappa shape index (κ2) is 7.66. The molecule has 0 spiro atoms. The summed E-state index contributed by atoms with van der Waals surface area (Å²) in [6.45, 7) is 1.20. The van der Waals surface area contributed by atoms with E-state index in [1.807, 2.05) is 23.1 Å². The third-order valence-corrected chi connectivity index (χ3v) is 4.79. The summed E-state index contributed by atoms with van der Waals surface area (Å²) in [6.07, 6.45) is 0.849. The fourth-order valence-corrected chi connectivity index (χ4v) is 3.36. The molecule has 0 saturated carbocycles. The van der Waals surface area contributed by atoms with Gasteiger partial charge in [-0.15, -0.1) is 0 Å². The predicted octanol–water partition coefficient (Wildman–Crippen LogP) is 2.72. The fourth-order valence-electron chi connectivity index (χ4n) is 3.36. The van der Waals surface area contributed by atoms with E-state index in [2.05, 4.69) is 12.1 Å². The van der Waals surface area contributed by atoms with E-state index in [9.17, 15) is 9.18 Å². The van der Waals surface area contributed by atoms with Crippen molar-refractivity contribution in [3.8, 4) is 5.75 Å². The Bertz CT molecular complexity index is 736. The number of benzene rings is 2. The highest BCUT2D eigenvalue weighted by atomic mass is 19.1. The average Bonchev–Trinajstić information content (AvgIpc) is 3.02. The number of likely N-dealkylation sites (tertiary alicyclic amines) is 1. The number of carbonyl (C=O) groups is 1.